The smallest absolute Gasteiger partial charge is 0.141 e. The number of halogens is 1. The predicted molar refractivity (Wildman–Crippen MR) is 41.7 cm³/mol. The molecule has 3 heteroatoms. The zero-order valence-corrected chi connectivity index (χ0v) is 6.39. The lowest BCUT2D eigenvalue weighted by molar-refractivity contribution is 0.621. The molecule has 0 saturated heterocycles. The Labute approximate surface area is 69.6 Å². The molecule has 0 radical (unpaired) electrons. The Morgan fingerprint density at radius 2 is 2.00 bits per heavy atom. The Morgan fingerprint density at radius 1 is 1.33 bits per heavy atom. The van der Waals surface area contributed by atoms with E-state index in [4.69, 9.17) is 5.26 Å². The first-order chi connectivity index (χ1) is 5.81. The summed E-state index contributed by atoms with van der Waals surface area (Å²) in [5, 5.41) is 11.6. The molecule has 0 atom stereocenters. The van der Waals surface area contributed by atoms with E-state index in [0.29, 0.717) is 6.54 Å². The Kier molecular flexibility index (Phi) is 1.56. The van der Waals surface area contributed by atoms with Crippen LogP contribution >= 0.6 is 0 Å². The summed E-state index contributed by atoms with van der Waals surface area (Å²) in [6, 6.07) is 4.88. The van der Waals surface area contributed by atoms with E-state index in [1.165, 1.54) is 6.07 Å². The number of nitrogens with zero attached hydrogens (tertiary/aromatic N) is 1. The van der Waals surface area contributed by atoms with Crippen molar-refractivity contribution in [3.63, 3.8) is 0 Å². The number of benzene rings is 1. The van der Waals surface area contributed by atoms with Crippen molar-refractivity contribution in [1.82, 2.24) is 5.32 Å². The molecule has 2 rings (SSSR count). The Morgan fingerprint density at radius 3 is 2.67 bits per heavy atom. The second-order valence-electron chi connectivity index (χ2n) is 2.82. The zero-order chi connectivity index (χ0) is 8.55. The number of nitrogens with one attached hydrogen (secondary N) is 1. The second kappa shape index (κ2) is 2.58. The molecule has 0 aromatic heterocycles. The zero-order valence-electron chi connectivity index (χ0n) is 6.39. The maximum Gasteiger partial charge on any atom is 0.141 e. The van der Waals surface area contributed by atoms with Gasteiger partial charge in [-0.1, -0.05) is 0 Å². The second-order valence-corrected chi connectivity index (χ2v) is 2.82. The quantitative estimate of drug-likeness (QED) is 0.624. The molecule has 0 unspecified atom stereocenters. The molecule has 1 aliphatic heterocycles. The SMILES string of the molecule is N#Cc1cc2c(cc1F)CNC2. The highest BCUT2D eigenvalue weighted by Crippen LogP contribution is 2.19. The van der Waals surface area contributed by atoms with E-state index in [-0.39, 0.29) is 5.56 Å². The van der Waals surface area contributed by atoms with E-state index in [1.54, 1.807) is 6.07 Å². The fourth-order valence-corrected chi connectivity index (χ4v) is 1.41. The minimum atomic E-state index is -0.417. The van der Waals surface area contributed by atoms with E-state index < -0.39 is 5.82 Å². The molecule has 1 aliphatic rings. The lowest BCUT2D eigenvalue weighted by Crippen LogP contribution is -1.99. The molecule has 1 aromatic rings. The highest BCUT2D eigenvalue weighted by molar-refractivity contribution is 5.41. The molecule has 1 N–H and O–H groups in total. The Bertz CT molecular complexity index is 365. The standard InChI is InChI=1S/C9H7FN2/c10-9-2-8-5-12-4-7(8)1-6(9)3-11/h1-2,12H,4-5H2. The summed E-state index contributed by atoms with van der Waals surface area (Å²) < 4.78 is 13.0. The van der Waals surface area contributed by atoms with Crippen LogP contribution in [0.25, 0.3) is 0 Å². The van der Waals surface area contributed by atoms with Crippen molar-refractivity contribution in [3.05, 3.63) is 34.6 Å². The third kappa shape index (κ3) is 0.973. The van der Waals surface area contributed by atoms with Crippen molar-refractivity contribution in [2.24, 2.45) is 0 Å². The lowest BCUT2D eigenvalue weighted by atomic mass is 10.1. The Hall–Kier alpha value is -1.40. The van der Waals surface area contributed by atoms with Gasteiger partial charge in [0, 0.05) is 13.1 Å². The first-order valence-electron chi connectivity index (χ1n) is 3.73. The highest BCUT2D eigenvalue weighted by Gasteiger charge is 2.13. The topological polar surface area (TPSA) is 35.8 Å². The van der Waals surface area contributed by atoms with E-state index in [9.17, 15) is 4.39 Å². The summed E-state index contributed by atoms with van der Waals surface area (Å²) >= 11 is 0. The predicted octanol–water partition coefficient (Wildman–Crippen LogP) is 1.30. The van der Waals surface area contributed by atoms with Crippen molar-refractivity contribution in [3.8, 4) is 6.07 Å². The monoisotopic (exact) mass is 162 g/mol. The first kappa shape index (κ1) is 7.26. The third-order valence-corrected chi connectivity index (χ3v) is 2.04. The first-order valence-corrected chi connectivity index (χ1v) is 3.73. The van der Waals surface area contributed by atoms with Gasteiger partial charge in [0.15, 0.2) is 0 Å². The lowest BCUT2D eigenvalue weighted by Gasteiger charge is -1.98. The van der Waals surface area contributed by atoms with Crippen LogP contribution < -0.4 is 5.32 Å². The molecule has 0 spiro atoms. The van der Waals surface area contributed by atoms with Crippen LogP contribution in [0.2, 0.25) is 0 Å². The van der Waals surface area contributed by atoms with Crippen LogP contribution in [0.1, 0.15) is 16.7 Å². The normalized spacial score (nSPS) is 14.0. The Balaban J connectivity index is 2.59. The van der Waals surface area contributed by atoms with Crippen molar-refractivity contribution in [1.29, 1.82) is 5.26 Å². The van der Waals surface area contributed by atoms with Crippen LogP contribution in [0.15, 0.2) is 12.1 Å². The van der Waals surface area contributed by atoms with Gasteiger partial charge in [0.05, 0.1) is 5.56 Å². The average Bonchev–Trinajstić information content (AvgIpc) is 2.49. The molecule has 1 heterocycles. The van der Waals surface area contributed by atoms with Crippen LogP contribution in [0.3, 0.4) is 0 Å². The van der Waals surface area contributed by atoms with Gasteiger partial charge >= 0.3 is 0 Å². The molecule has 2 nitrogen and oxygen atoms in total. The molecule has 12 heavy (non-hydrogen) atoms. The molecular weight excluding hydrogens is 155 g/mol. The number of rotatable bonds is 0. The summed E-state index contributed by atoms with van der Waals surface area (Å²) in [6.45, 7) is 1.45. The third-order valence-electron chi connectivity index (χ3n) is 2.04. The largest absolute Gasteiger partial charge is 0.309 e. The van der Waals surface area contributed by atoms with Crippen LogP contribution in [0, 0.1) is 17.1 Å². The van der Waals surface area contributed by atoms with Crippen molar-refractivity contribution in [2.75, 3.05) is 0 Å². The fourth-order valence-electron chi connectivity index (χ4n) is 1.41. The maximum absolute atomic E-state index is 13.0. The fraction of sp³-hybridized carbons (Fsp3) is 0.222. The summed E-state index contributed by atoms with van der Waals surface area (Å²) in [5.74, 6) is -0.417. The van der Waals surface area contributed by atoms with Gasteiger partial charge in [-0.2, -0.15) is 5.26 Å². The van der Waals surface area contributed by atoms with E-state index >= 15 is 0 Å². The van der Waals surface area contributed by atoms with Gasteiger partial charge in [-0.3, -0.25) is 0 Å². The average molecular weight is 162 g/mol. The number of fused-ring (bicyclic) bond motifs is 1. The van der Waals surface area contributed by atoms with Gasteiger partial charge < -0.3 is 5.32 Å². The molecular formula is C9H7FN2. The van der Waals surface area contributed by atoms with Crippen LogP contribution in [-0.4, -0.2) is 0 Å². The van der Waals surface area contributed by atoms with Crippen molar-refractivity contribution < 1.29 is 4.39 Å². The summed E-state index contributed by atoms with van der Waals surface area (Å²) in [4.78, 5) is 0. The molecule has 1 aromatic carbocycles. The number of hydrogen-bond acceptors (Lipinski definition) is 2. The molecule has 0 bridgehead atoms. The number of hydrogen-bond donors (Lipinski definition) is 1. The molecule has 0 amide bonds. The van der Waals surface area contributed by atoms with E-state index in [0.717, 1.165) is 17.7 Å². The van der Waals surface area contributed by atoms with E-state index in [1.807, 2.05) is 6.07 Å². The van der Waals surface area contributed by atoms with Gasteiger partial charge in [-0.05, 0) is 23.3 Å². The van der Waals surface area contributed by atoms with Gasteiger partial charge in [0.1, 0.15) is 11.9 Å². The maximum atomic E-state index is 13.0. The highest BCUT2D eigenvalue weighted by atomic mass is 19.1. The minimum Gasteiger partial charge on any atom is -0.309 e. The minimum absolute atomic E-state index is 0.137. The molecule has 0 aliphatic carbocycles. The van der Waals surface area contributed by atoms with Crippen LogP contribution in [-0.2, 0) is 13.1 Å². The van der Waals surface area contributed by atoms with Crippen molar-refractivity contribution in [2.45, 2.75) is 13.1 Å². The summed E-state index contributed by atoms with van der Waals surface area (Å²) in [5.41, 5.74) is 2.14. The van der Waals surface area contributed by atoms with Gasteiger partial charge in [0.2, 0.25) is 0 Å². The summed E-state index contributed by atoms with van der Waals surface area (Å²) in [6.07, 6.45) is 0. The van der Waals surface area contributed by atoms with Crippen LogP contribution in [0.4, 0.5) is 4.39 Å². The number of nitriles is 1. The molecule has 0 saturated carbocycles. The van der Waals surface area contributed by atoms with Gasteiger partial charge in [-0.15, -0.1) is 0 Å². The molecule has 0 fully saturated rings. The van der Waals surface area contributed by atoms with Gasteiger partial charge in [-0.25, -0.2) is 4.39 Å². The van der Waals surface area contributed by atoms with Crippen LogP contribution in [0.5, 0.6) is 0 Å². The van der Waals surface area contributed by atoms with E-state index in [2.05, 4.69) is 5.32 Å². The summed E-state index contributed by atoms with van der Waals surface area (Å²) in [7, 11) is 0. The van der Waals surface area contributed by atoms with Gasteiger partial charge in [0.25, 0.3) is 0 Å². The van der Waals surface area contributed by atoms with Crippen molar-refractivity contribution >= 4 is 0 Å². The molecule has 60 valence electrons.